The molecule has 156 valence electrons. The van der Waals surface area contributed by atoms with Crippen LogP contribution in [0.2, 0.25) is 0 Å². The average molecular weight is 435 g/mol. The first-order valence-electron chi connectivity index (χ1n) is 9.93. The number of amides is 1. The van der Waals surface area contributed by atoms with Crippen LogP contribution in [-0.2, 0) is 19.6 Å². The van der Waals surface area contributed by atoms with Gasteiger partial charge in [-0.15, -0.1) is 11.3 Å². The van der Waals surface area contributed by atoms with Gasteiger partial charge in [-0.05, 0) is 37.0 Å². The van der Waals surface area contributed by atoms with Gasteiger partial charge >= 0.3 is 0 Å². The summed E-state index contributed by atoms with van der Waals surface area (Å²) in [6.45, 7) is 4.75. The van der Waals surface area contributed by atoms with Crippen LogP contribution in [0.25, 0.3) is 0 Å². The first-order valence-corrected chi connectivity index (χ1v) is 12.2. The number of sulfonamides is 1. The maximum absolute atomic E-state index is 13.3. The summed E-state index contributed by atoms with van der Waals surface area (Å²) >= 11 is 1.28. The molecule has 2 unspecified atom stereocenters. The Balaban J connectivity index is 1.63. The number of carbonyl (C=O) groups is 1. The minimum absolute atomic E-state index is 0.00391. The van der Waals surface area contributed by atoms with Crippen LogP contribution in [0.1, 0.15) is 22.8 Å². The molecule has 2 atom stereocenters. The van der Waals surface area contributed by atoms with Crippen LogP contribution in [0, 0.1) is 12.8 Å². The van der Waals surface area contributed by atoms with E-state index in [1.807, 2.05) is 48.2 Å². The minimum Gasteiger partial charge on any atom is -0.378 e. The van der Waals surface area contributed by atoms with Crippen LogP contribution in [0.4, 0.5) is 0 Å². The highest BCUT2D eigenvalue weighted by Crippen LogP contribution is 2.35. The third kappa shape index (κ3) is 4.40. The lowest BCUT2D eigenvalue weighted by atomic mass is 9.85. The summed E-state index contributed by atoms with van der Waals surface area (Å²) in [5.41, 5.74) is 1.08. The number of ether oxygens (including phenoxy) is 1. The van der Waals surface area contributed by atoms with Crippen LogP contribution in [0.15, 0.2) is 46.7 Å². The summed E-state index contributed by atoms with van der Waals surface area (Å²) in [6, 6.07) is 13.4. The molecule has 0 radical (unpaired) electrons. The Hall–Kier alpha value is -1.74. The molecule has 6 nitrogen and oxygen atoms in total. The van der Waals surface area contributed by atoms with Crippen LogP contribution in [-0.4, -0.2) is 62.9 Å². The number of nitrogens with zero attached hydrogens (tertiary/aromatic N) is 2. The van der Waals surface area contributed by atoms with Crippen molar-refractivity contribution in [3.8, 4) is 0 Å². The second-order valence-corrected chi connectivity index (χ2v) is 11.1. The van der Waals surface area contributed by atoms with Gasteiger partial charge in [-0.1, -0.05) is 30.3 Å². The summed E-state index contributed by atoms with van der Waals surface area (Å²) in [7, 11) is -3.62. The van der Waals surface area contributed by atoms with Gasteiger partial charge in [0.1, 0.15) is 4.21 Å². The van der Waals surface area contributed by atoms with Crippen molar-refractivity contribution in [2.75, 3.05) is 39.4 Å². The van der Waals surface area contributed by atoms with Gasteiger partial charge in [0.2, 0.25) is 5.91 Å². The van der Waals surface area contributed by atoms with Gasteiger partial charge in [0.15, 0.2) is 0 Å². The Morgan fingerprint density at radius 3 is 2.45 bits per heavy atom. The van der Waals surface area contributed by atoms with Crippen molar-refractivity contribution in [3.63, 3.8) is 0 Å². The molecule has 2 fully saturated rings. The zero-order valence-corrected chi connectivity index (χ0v) is 18.1. The van der Waals surface area contributed by atoms with E-state index in [0.29, 0.717) is 43.5 Å². The molecule has 2 aliphatic heterocycles. The van der Waals surface area contributed by atoms with E-state index in [1.165, 1.54) is 15.6 Å². The molecule has 2 aromatic rings. The lowest BCUT2D eigenvalue weighted by Crippen LogP contribution is -2.51. The van der Waals surface area contributed by atoms with Crippen molar-refractivity contribution >= 4 is 27.3 Å². The molecule has 1 aromatic carbocycles. The third-order valence-corrected chi connectivity index (χ3v) is 8.97. The number of morpholine rings is 1. The summed E-state index contributed by atoms with van der Waals surface area (Å²) < 4.78 is 33.9. The fourth-order valence-electron chi connectivity index (χ4n) is 4.12. The third-order valence-electron chi connectivity index (χ3n) is 5.67. The van der Waals surface area contributed by atoms with Gasteiger partial charge in [0, 0.05) is 31.1 Å². The molecule has 0 spiro atoms. The number of aryl methyl sites for hydroxylation is 1. The van der Waals surface area contributed by atoms with E-state index >= 15 is 0 Å². The molecular formula is C21H26N2O4S2. The molecule has 3 heterocycles. The van der Waals surface area contributed by atoms with Gasteiger partial charge < -0.3 is 9.64 Å². The van der Waals surface area contributed by atoms with Crippen molar-refractivity contribution in [1.29, 1.82) is 0 Å². The zero-order chi connectivity index (χ0) is 20.4. The summed E-state index contributed by atoms with van der Waals surface area (Å²) in [6.07, 6.45) is 0.662. The molecule has 0 saturated carbocycles. The normalized spacial score (nSPS) is 23.8. The molecule has 29 heavy (non-hydrogen) atoms. The predicted molar refractivity (Wildman–Crippen MR) is 113 cm³/mol. The maximum Gasteiger partial charge on any atom is 0.252 e. The van der Waals surface area contributed by atoms with E-state index < -0.39 is 10.0 Å². The zero-order valence-electron chi connectivity index (χ0n) is 16.5. The van der Waals surface area contributed by atoms with Gasteiger partial charge in [0.05, 0.1) is 19.1 Å². The second-order valence-electron chi connectivity index (χ2n) is 7.66. The Morgan fingerprint density at radius 2 is 1.79 bits per heavy atom. The Labute approximate surface area is 176 Å². The first kappa shape index (κ1) is 20.5. The van der Waals surface area contributed by atoms with Crippen LogP contribution >= 0.6 is 11.3 Å². The number of carbonyl (C=O) groups excluding carboxylic acids is 1. The second kappa shape index (κ2) is 8.55. The number of hydrogen-bond donors (Lipinski definition) is 0. The predicted octanol–water partition coefficient (Wildman–Crippen LogP) is 2.71. The van der Waals surface area contributed by atoms with E-state index in [2.05, 4.69) is 0 Å². The van der Waals surface area contributed by atoms with Crippen molar-refractivity contribution in [2.45, 2.75) is 23.5 Å². The van der Waals surface area contributed by atoms with E-state index in [0.717, 1.165) is 10.4 Å². The fourth-order valence-corrected chi connectivity index (χ4v) is 7.09. The van der Waals surface area contributed by atoms with Gasteiger partial charge in [-0.25, -0.2) is 8.42 Å². The topological polar surface area (TPSA) is 66.9 Å². The molecule has 0 bridgehead atoms. The Bertz CT molecular complexity index is 952. The van der Waals surface area contributed by atoms with Crippen LogP contribution in [0.5, 0.6) is 0 Å². The molecule has 4 rings (SSSR count). The van der Waals surface area contributed by atoms with Crippen molar-refractivity contribution < 1.29 is 17.9 Å². The lowest BCUT2D eigenvalue weighted by Gasteiger charge is -2.39. The molecular weight excluding hydrogens is 408 g/mol. The van der Waals surface area contributed by atoms with E-state index in [-0.39, 0.29) is 24.3 Å². The van der Waals surface area contributed by atoms with Gasteiger partial charge in [-0.3, -0.25) is 4.79 Å². The van der Waals surface area contributed by atoms with Crippen molar-refractivity contribution in [2.24, 2.45) is 5.92 Å². The fraction of sp³-hybridized carbons (Fsp3) is 0.476. The molecule has 0 N–H and O–H groups in total. The monoisotopic (exact) mass is 434 g/mol. The largest absolute Gasteiger partial charge is 0.378 e. The highest BCUT2D eigenvalue weighted by atomic mass is 32.2. The molecule has 8 heteroatoms. The summed E-state index contributed by atoms with van der Waals surface area (Å²) in [4.78, 5) is 16.0. The lowest BCUT2D eigenvalue weighted by molar-refractivity contribution is -0.141. The number of thiophene rings is 1. The maximum atomic E-state index is 13.3. The Kier molecular flexibility index (Phi) is 6.06. The van der Waals surface area contributed by atoms with E-state index in [4.69, 9.17) is 4.74 Å². The SMILES string of the molecule is Cc1ccc(S(=O)(=O)N2CC(C(=O)N3CCOCC3)CC(c3ccccc3)C2)s1. The smallest absolute Gasteiger partial charge is 0.252 e. The Morgan fingerprint density at radius 1 is 1.07 bits per heavy atom. The molecule has 2 aliphatic rings. The quantitative estimate of drug-likeness (QED) is 0.742. The number of hydrogen-bond acceptors (Lipinski definition) is 5. The molecule has 1 aromatic heterocycles. The van der Waals surface area contributed by atoms with E-state index in [9.17, 15) is 13.2 Å². The van der Waals surface area contributed by atoms with Crippen LogP contribution in [0.3, 0.4) is 0 Å². The van der Waals surface area contributed by atoms with E-state index in [1.54, 1.807) is 6.07 Å². The summed E-state index contributed by atoms with van der Waals surface area (Å²) in [5, 5.41) is 0. The minimum atomic E-state index is -3.62. The van der Waals surface area contributed by atoms with Gasteiger partial charge in [0.25, 0.3) is 10.0 Å². The van der Waals surface area contributed by atoms with Crippen LogP contribution < -0.4 is 0 Å². The number of benzene rings is 1. The highest BCUT2D eigenvalue weighted by Gasteiger charge is 2.40. The summed E-state index contributed by atoms with van der Waals surface area (Å²) in [5.74, 6) is -0.310. The molecule has 0 aliphatic carbocycles. The molecule has 2 saturated heterocycles. The number of rotatable bonds is 4. The average Bonchev–Trinajstić information content (AvgIpc) is 3.21. The standard InChI is InChI=1S/C21H26N2O4S2/c1-16-7-8-20(28-16)29(25,26)23-14-18(17-5-3-2-4-6-17)13-19(15-23)21(24)22-9-11-27-12-10-22/h2-8,18-19H,9-15H2,1H3. The van der Waals surface area contributed by atoms with Crippen molar-refractivity contribution in [1.82, 2.24) is 9.21 Å². The highest BCUT2D eigenvalue weighted by molar-refractivity contribution is 7.91. The van der Waals surface area contributed by atoms with Crippen molar-refractivity contribution in [3.05, 3.63) is 52.9 Å². The first-order chi connectivity index (χ1) is 13.9. The molecule has 1 amide bonds. The van der Waals surface area contributed by atoms with Gasteiger partial charge in [-0.2, -0.15) is 4.31 Å². The number of piperidine rings is 1.